The van der Waals surface area contributed by atoms with E-state index in [1.807, 2.05) is 48.5 Å². The lowest BCUT2D eigenvalue weighted by Gasteiger charge is -2.16. The summed E-state index contributed by atoms with van der Waals surface area (Å²) in [5.41, 5.74) is 6.12. The lowest BCUT2D eigenvalue weighted by Crippen LogP contribution is -2.33. The molecule has 196 valence electrons. The Kier molecular flexibility index (Phi) is 9.16. The molecule has 0 bridgehead atoms. The largest absolute Gasteiger partial charge is 0.478 e. The Morgan fingerprint density at radius 3 is 2.47 bits per heavy atom. The Labute approximate surface area is 226 Å². The Bertz CT molecular complexity index is 1330. The fraction of sp³-hybridized carbons (Fsp3) is 0.241. The summed E-state index contributed by atoms with van der Waals surface area (Å²) in [5, 5.41) is 16.0. The van der Waals surface area contributed by atoms with Gasteiger partial charge in [0.2, 0.25) is 0 Å². The number of thioether (sulfide) groups is 1. The fourth-order valence-corrected chi connectivity index (χ4v) is 5.06. The van der Waals surface area contributed by atoms with Crippen LogP contribution in [0.25, 0.3) is 0 Å². The number of hydrogen-bond acceptors (Lipinski definition) is 5. The maximum absolute atomic E-state index is 13.3. The van der Waals surface area contributed by atoms with E-state index in [9.17, 15) is 14.4 Å². The van der Waals surface area contributed by atoms with E-state index in [0.29, 0.717) is 17.8 Å². The van der Waals surface area contributed by atoms with E-state index in [-0.39, 0.29) is 17.2 Å². The number of urea groups is 1. The molecule has 0 aromatic heterocycles. The summed E-state index contributed by atoms with van der Waals surface area (Å²) in [6.07, 6.45) is 3.72. The molecule has 3 N–H and O–H groups in total. The molecule has 0 fully saturated rings. The van der Waals surface area contributed by atoms with Crippen molar-refractivity contribution in [3.8, 4) is 0 Å². The third kappa shape index (κ3) is 6.80. The summed E-state index contributed by atoms with van der Waals surface area (Å²) in [6, 6.07) is 21.3. The maximum Gasteiger partial charge on any atom is 0.339 e. The van der Waals surface area contributed by atoms with Crippen LogP contribution in [0.5, 0.6) is 0 Å². The van der Waals surface area contributed by atoms with Gasteiger partial charge in [-0.3, -0.25) is 4.79 Å². The first-order valence-corrected chi connectivity index (χ1v) is 13.6. The quantitative estimate of drug-likeness (QED) is 0.165. The number of nitrogens with one attached hydrogen (secondary N) is 2. The second-order valence-electron chi connectivity index (χ2n) is 8.84. The normalized spacial score (nSPS) is 13.4. The van der Waals surface area contributed by atoms with Gasteiger partial charge in [0.25, 0.3) is 5.91 Å². The number of aromatic carboxylic acids is 1. The molecule has 4 rings (SSSR count). The first kappa shape index (κ1) is 26.9. The number of hydrogen-bond donors (Lipinski definition) is 3. The van der Waals surface area contributed by atoms with E-state index < -0.39 is 12.0 Å². The molecule has 3 aromatic rings. The number of benzene rings is 3. The van der Waals surface area contributed by atoms with Crippen molar-refractivity contribution in [2.45, 2.75) is 37.5 Å². The molecule has 0 aliphatic carbocycles. The van der Waals surface area contributed by atoms with E-state index in [0.717, 1.165) is 47.6 Å². The second kappa shape index (κ2) is 12.9. The third-order valence-corrected chi connectivity index (χ3v) is 7.10. The highest BCUT2D eigenvalue weighted by Gasteiger charge is 2.34. The second-order valence-corrected chi connectivity index (χ2v) is 10.0. The summed E-state index contributed by atoms with van der Waals surface area (Å²) in [6.45, 7) is 2.71. The van der Waals surface area contributed by atoms with Crippen molar-refractivity contribution in [3.63, 3.8) is 0 Å². The molecule has 1 aliphatic heterocycles. The van der Waals surface area contributed by atoms with Crippen LogP contribution in [0, 0.1) is 0 Å². The summed E-state index contributed by atoms with van der Waals surface area (Å²) in [7, 11) is 0. The zero-order chi connectivity index (χ0) is 26.9. The van der Waals surface area contributed by atoms with Crippen molar-refractivity contribution in [1.82, 2.24) is 5.43 Å². The smallest absolute Gasteiger partial charge is 0.339 e. The van der Waals surface area contributed by atoms with Gasteiger partial charge in [-0.15, -0.1) is 11.8 Å². The molecule has 1 heterocycles. The molecule has 1 aliphatic rings. The molecule has 0 unspecified atom stereocenters. The molecule has 3 aromatic carbocycles. The number of amides is 3. The highest BCUT2D eigenvalue weighted by molar-refractivity contribution is 7.99. The van der Waals surface area contributed by atoms with Crippen LogP contribution >= 0.6 is 11.8 Å². The van der Waals surface area contributed by atoms with Crippen molar-refractivity contribution in [1.29, 1.82) is 0 Å². The summed E-state index contributed by atoms with van der Waals surface area (Å²) in [5.74, 6) is -0.382. The van der Waals surface area contributed by atoms with Gasteiger partial charge in [0, 0.05) is 28.4 Å². The van der Waals surface area contributed by atoms with E-state index in [2.05, 4.69) is 22.8 Å². The SMILES string of the molecule is CCCCCN1C(=O)/C(=N/NC(=O)Nc2ccccc2)c2cc(SCCc3ccc(C(=O)O)cc3)ccc21. The molecule has 3 amide bonds. The molecular formula is C29H30N4O4S. The maximum atomic E-state index is 13.3. The van der Waals surface area contributed by atoms with Crippen LogP contribution in [0.3, 0.4) is 0 Å². The number of anilines is 2. The number of aryl methyl sites for hydroxylation is 1. The van der Waals surface area contributed by atoms with Gasteiger partial charge in [-0.1, -0.05) is 50.1 Å². The minimum atomic E-state index is -0.938. The number of carboxylic acids is 1. The molecular weight excluding hydrogens is 500 g/mol. The highest BCUT2D eigenvalue weighted by Crippen LogP contribution is 2.33. The van der Waals surface area contributed by atoms with Crippen LogP contribution in [-0.4, -0.2) is 41.0 Å². The van der Waals surface area contributed by atoms with Crippen molar-refractivity contribution in [2.24, 2.45) is 5.10 Å². The zero-order valence-electron chi connectivity index (χ0n) is 21.1. The van der Waals surface area contributed by atoms with Crippen LogP contribution in [0.4, 0.5) is 16.2 Å². The van der Waals surface area contributed by atoms with Crippen molar-refractivity contribution < 1.29 is 19.5 Å². The van der Waals surface area contributed by atoms with Gasteiger partial charge in [0.1, 0.15) is 0 Å². The van der Waals surface area contributed by atoms with Gasteiger partial charge >= 0.3 is 12.0 Å². The average Bonchev–Trinajstić information content (AvgIpc) is 3.18. The Hall–Kier alpha value is -4.11. The lowest BCUT2D eigenvalue weighted by molar-refractivity contribution is -0.112. The molecule has 9 heteroatoms. The molecule has 0 saturated heterocycles. The van der Waals surface area contributed by atoms with Gasteiger partial charge < -0.3 is 15.3 Å². The summed E-state index contributed by atoms with van der Waals surface area (Å²) >= 11 is 1.64. The molecule has 38 heavy (non-hydrogen) atoms. The molecule has 0 spiro atoms. The highest BCUT2D eigenvalue weighted by atomic mass is 32.2. The first-order valence-electron chi connectivity index (χ1n) is 12.6. The number of para-hydroxylation sites is 1. The van der Waals surface area contributed by atoms with E-state index in [1.54, 1.807) is 40.9 Å². The molecule has 0 radical (unpaired) electrons. The van der Waals surface area contributed by atoms with Crippen LogP contribution in [0.15, 0.2) is 82.8 Å². The number of fused-ring (bicyclic) bond motifs is 1. The average molecular weight is 531 g/mol. The Morgan fingerprint density at radius 1 is 1.00 bits per heavy atom. The molecule has 0 atom stereocenters. The van der Waals surface area contributed by atoms with E-state index in [1.165, 1.54) is 0 Å². The number of carbonyl (C=O) groups is 3. The Balaban J connectivity index is 1.47. The van der Waals surface area contributed by atoms with Crippen LogP contribution < -0.4 is 15.6 Å². The Morgan fingerprint density at radius 2 is 1.76 bits per heavy atom. The van der Waals surface area contributed by atoms with Gasteiger partial charge in [0.15, 0.2) is 5.71 Å². The number of nitrogens with zero attached hydrogens (tertiary/aromatic N) is 2. The predicted octanol–water partition coefficient (Wildman–Crippen LogP) is 5.78. The summed E-state index contributed by atoms with van der Waals surface area (Å²) < 4.78 is 0. The minimum absolute atomic E-state index is 0.214. The van der Waals surface area contributed by atoms with Crippen molar-refractivity contribution >= 4 is 46.8 Å². The van der Waals surface area contributed by atoms with E-state index in [4.69, 9.17) is 5.11 Å². The topological polar surface area (TPSA) is 111 Å². The number of carbonyl (C=O) groups excluding carboxylic acids is 2. The van der Waals surface area contributed by atoms with Crippen molar-refractivity contribution in [3.05, 3.63) is 89.5 Å². The first-order chi connectivity index (χ1) is 18.5. The van der Waals surface area contributed by atoms with Gasteiger partial charge in [-0.2, -0.15) is 5.10 Å². The predicted molar refractivity (Wildman–Crippen MR) is 151 cm³/mol. The van der Waals surface area contributed by atoms with Gasteiger partial charge in [-0.25, -0.2) is 15.0 Å². The van der Waals surface area contributed by atoms with Gasteiger partial charge in [-0.05, 0) is 60.9 Å². The number of hydrazone groups is 1. The lowest BCUT2D eigenvalue weighted by atomic mass is 10.1. The number of unbranched alkanes of at least 4 members (excludes halogenated alkanes) is 2. The zero-order valence-corrected chi connectivity index (χ0v) is 22.0. The summed E-state index contributed by atoms with van der Waals surface area (Å²) in [4.78, 5) is 39.4. The number of rotatable bonds is 11. The fourth-order valence-electron chi connectivity index (χ4n) is 4.12. The van der Waals surface area contributed by atoms with Crippen molar-refractivity contribution in [2.75, 3.05) is 22.5 Å². The van der Waals surface area contributed by atoms with E-state index >= 15 is 0 Å². The number of carboxylic acid groups (broad SMARTS) is 1. The van der Waals surface area contributed by atoms with Crippen LogP contribution in [0.2, 0.25) is 0 Å². The molecule has 0 saturated carbocycles. The third-order valence-electron chi connectivity index (χ3n) is 6.11. The monoisotopic (exact) mass is 530 g/mol. The van der Waals surface area contributed by atoms with Gasteiger partial charge in [0.05, 0.1) is 11.3 Å². The standard InChI is InChI=1S/C29H30N4O4S/c1-2-3-7-17-33-25-15-14-23(38-18-16-20-10-12-21(13-11-20)28(35)36)19-24(25)26(27(33)34)31-32-29(37)30-22-8-5-4-6-9-22/h4-6,8-15,19H,2-3,7,16-18H2,1H3,(H,35,36)(H2,30,32,37)/b31-26+. The van der Waals surface area contributed by atoms with Crippen LogP contribution in [-0.2, 0) is 11.2 Å². The van der Waals surface area contributed by atoms with Crippen LogP contribution in [0.1, 0.15) is 47.7 Å². The molecule has 8 nitrogen and oxygen atoms in total. The minimum Gasteiger partial charge on any atom is -0.478 e.